The van der Waals surface area contributed by atoms with Crippen LogP contribution in [-0.2, 0) is 4.74 Å². The molecule has 2 radical (unpaired) electrons. The Morgan fingerprint density at radius 2 is 1.50 bits per heavy atom. The second-order valence-electron chi connectivity index (χ2n) is 1.11. The molecule has 0 fully saturated rings. The first-order valence-electron chi connectivity index (χ1n) is 2.21. The van der Waals surface area contributed by atoms with Crippen LogP contribution >= 0.6 is 0 Å². The van der Waals surface area contributed by atoms with E-state index in [2.05, 4.69) is 13.2 Å². The van der Waals surface area contributed by atoms with E-state index in [9.17, 15) is 0 Å². The van der Waals surface area contributed by atoms with Crippen LogP contribution in [0.1, 0.15) is 0 Å². The molecule has 8 heavy (non-hydrogen) atoms. The third-order valence-electron chi connectivity index (χ3n) is 0.471. The summed E-state index contributed by atoms with van der Waals surface area (Å²) in [5, 5.41) is 0. The van der Waals surface area contributed by atoms with Crippen LogP contribution in [0.15, 0.2) is 25.3 Å². The van der Waals surface area contributed by atoms with Crippen molar-refractivity contribution in [2.45, 2.75) is 0 Å². The molecule has 0 heterocycles. The fourth-order valence-corrected chi connectivity index (χ4v) is 0.235. The van der Waals surface area contributed by atoms with E-state index in [0.29, 0.717) is 13.2 Å². The van der Waals surface area contributed by atoms with Gasteiger partial charge in [0.1, 0.15) is 0 Å². The molecule has 0 spiro atoms. The van der Waals surface area contributed by atoms with E-state index in [1.807, 2.05) is 0 Å². The van der Waals surface area contributed by atoms with Gasteiger partial charge in [-0.25, -0.2) is 0 Å². The minimum atomic E-state index is 0. The average molecular weight is 186 g/mol. The van der Waals surface area contributed by atoms with Crippen LogP contribution in [0.25, 0.3) is 0 Å². The van der Waals surface area contributed by atoms with Gasteiger partial charge in [-0.15, -0.1) is 13.2 Å². The second-order valence-corrected chi connectivity index (χ2v) is 1.11. The van der Waals surface area contributed by atoms with E-state index >= 15 is 0 Å². The maximum atomic E-state index is 4.90. The molecule has 42 valence electrons. The van der Waals surface area contributed by atoms with Gasteiger partial charge >= 0.3 is 0 Å². The van der Waals surface area contributed by atoms with Crippen molar-refractivity contribution in [3.05, 3.63) is 25.3 Å². The summed E-state index contributed by atoms with van der Waals surface area (Å²) in [6.45, 7) is 8.18. The van der Waals surface area contributed by atoms with Crippen molar-refractivity contribution in [1.82, 2.24) is 0 Å². The molecule has 2 heteroatoms. The Balaban J connectivity index is 0. The van der Waals surface area contributed by atoms with Crippen molar-refractivity contribution >= 4 is 45.5 Å². The number of hydrogen-bond donors (Lipinski definition) is 0. The molecule has 0 N–H and O–H groups in total. The van der Waals surface area contributed by atoms with E-state index in [1.54, 1.807) is 12.2 Å². The SMILES string of the molecule is C=CCOCC=C.[Sr]. The van der Waals surface area contributed by atoms with Crippen LogP contribution in [0.2, 0.25) is 0 Å². The third-order valence-corrected chi connectivity index (χ3v) is 0.471. The maximum Gasteiger partial charge on any atom is 0.0649 e. The number of rotatable bonds is 4. The Bertz CT molecular complexity index is 53.5. The zero-order valence-electron chi connectivity index (χ0n) is 5.10. The molecule has 0 atom stereocenters. The zero-order chi connectivity index (χ0) is 5.54. The van der Waals surface area contributed by atoms with E-state index in [-0.39, 0.29) is 45.5 Å². The van der Waals surface area contributed by atoms with E-state index in [4.69, 9.17) is 4.74 Å². The maximum absolute atomic E-state index is 4.90. The van der Waals surface area contributed by atoms with Gasteiger partial charge in [-0.05, 0) is 0 Å². The van der Waals surface area contributed by atoms with Gasteiger partial charge in [-0.3, -0.25) is 0 Å². The molecule has 1 nitrogen and oxygen atoms in total. The first kappa shape index (κ1) is 11.7. The van der Waals surface area contributed by atoms with E-state index in [1.165, 1.54) is 0 Å². The second kappa shape index (κ2) is 10.8. The number of ether oxygens (including phenoxy) is 1. The van der Waals surface area contributed by atoms with Crippen LogP contribution < -0.4 is 0 Å². The number of hydrogen-bond acceptors (Lipinski definition) is 1. The molecule has 0 unspecified atom stereocenters. The molecule has 0 aliphatic rings. The normalized spacial score (nSPS) is 7.00. The van der Waals surface area contributed by atoms with Gasteiger partial charge in [0.05, 0.1) is 13.2 Å². The molecule has 0 aromatic rings. The molecule has 0 amide bonds. The topological polar surface area (TPSA) is 9.23 Å². The molecule has 0 aliphatic carbocycles. The van der Waals surface area contributed by atoms with Crippen LogP contribution in [0, 0.1) is 0 Å². The minimum Gasteiger partial charge on any atom is -0.373 e. The summed E-state index contributed by atoms with van der Waals surface area (Å²) in [5.41, 5.74) is 0. The fraction of sp³-hybridized carbons (Fsp3) is 0.333. The summed E-state index contributed by atoms with van der Waals surface area (Å²) in [7, 11) is 0. The van der Waals surface area contributed by atoms with Gasteiger partial charge in [-0.1, -0.05) is 12.2 Å². The standard InChI is InChI=1S/C6H10O.Sr/c1-3-5-7-6-4-2;/h3-4H,1-2,5-6H2;. The molecular formula is C6H10OSr. The monoisotopic (exact) mass is 186 g/mol. The molecule has 0 saturated heterocycles. The molecule has 0 rings (SSSR count). The summed E-state index contributed by atoms with van der Waals surface area (Å²) in [4.78, 5) is 0. The predicted molar refractivity (Wildman–Crippen MR) is 37.0 cm³/mol. The van der Waals surface area contributed by atoms with Gasteiger partial charge in [0.2, 0.25) is 0 Å². The quantitative estimate of drug-likeness (QED) is 0.361. The molecule has 0 saturated carbocycles. The van der Waals surface area contributed by atoms with Crippen LogP contribution in [-0.4, -0.2) is 58.7 Å². The summed E-state index contributed by atoms with van der Waals surface area (Å²) < 4.78 is 4.90. The molecule has 0 bridgehead atoms. The van der Waals surface area contributed by atoms with Crippen molar-refractivity contribution in [3.63, 3.8) is 0 Å². The average Bonchev–Trinajstić information content (AvgIpc) is 1.69. The third kappa shape index (κ3) is 10.0. The summed E-state index contributed by atoms with van der Waals surface area (Å²) >= 11 is 0. The van der Waals surface area contributed by atoms with E-state index < -0.39 is 0 Å². The van der Waals surface area contributed by atoms with Crippen molar-refractivity contribution in [1.29, 1.82) is 0 Å². The van der Waals surface area contributed by atoms with Gasteiger partial charge < -0.3 is 4.74 Å². The van der Waals surface area contributed by atoms with Crippen molar-refractivity contribution in [2.75, 3.05) is 13.2 Å². The van der Waals surface area contributed by atoms with Crippen molar-refractivity contribution in [2.24, 2.45) is 0 Å². The molecule has 0 aromatic heterocycles. The molecule has 0 aromatic carbocycles. The smallest absolute Gasteiger partial charge is 0.0649 e. The first-order chi connectivity index (χ1) is 3.41. The Morgan fingerprint density at radius 1 is 1.12 bits per heavy atom. The Labute approximate surface area is 87.7 Å². The summed E-state index contributed by atoms with van der Waals surface area (Å²) in [6.07, 6.45) is 3.42. The van der Waals surface area contributed by atoms with Crippen LogP contribution in [0.4, 0.5) is 0 Å². The van der Waals surface area contributed by atoms with Gasteiger partial charge in [-0.2, -0.15) is 0 Å². The zero-order valence-corrected chi connectivity index (χ0v) is 8.57. The molecular weight excluding hydrogens is 176 g/mol. The Kier molecular flexibility index (Phi) is 15.8. The summed E-state index contributed by atoms with van der Waals surface area (Å²) in [5.74, 6) is 0. The van der Waals surface area contributed by atoms with E-state index in [0.717, 1.165) is 0 Å². The predicted octanol–water partition coefficient (Wildman–Crippen LogP) is 0.994. The minimum absolute atomic E-state index is 0. The van der Waals surface area contributed by atoms with Gasteiger partial charge in [0, 0.05) is 45.5 Å². The van der Waals surface area contributed by atoms with Crippen LogP contribution in [0.3, 0.4) is 0 Å². The summed E-state index contributed by atoms with van der Waals surface area (Å²) in [6, 6.07) is 0. The van der Waals surface area contributed by atoms with Crippen molar-refractivity contribution in [3.8, 4) is 0 Å². The van der Waals surface area contributed by atoms with Crippen LogP contribution in [0.5, 0.6) is 0 Å². The fourth-order valence-electron chi connectivity index (χ4n) is 0.235. The van der Waals surface area contributed by atoms with Gasteiger partial charge in [0.25, 0.3) is 0 Å². The Hall–Kier alpha value is 0.921. The van der Waals surface area contributed by atoms with Gasteiger partial charge in [0.15, 0.2) is 0 Å². The van der Waals surface area contributed by atoms with Crippen molar-refractivity contribution < 1.29 is 4.74 Å². The first-order valence-corrected chi connectivity index (χ1v) is 2.21. The molecule has 0 aliphatic heterocycles. The Morgan fingerprint density at radius 3 is 1.75 bits per heavy atom. The largest absolute Gasteiger partial charge is 0.373 e.